The molecule has 0 radical (unpaired) electrons. The first-order valence-electron chi connectivity index (χ1n) is 7.30. The van der Waals surface area contributed by atoms with E-state index in [0.29, 0.717) is 0 Å². The molecule has 2 rings (SSSR count). The van der Waals surface area contributed by atoms with Crippen LogP contribution in [0.1, 0.15) is 48.6 Å². The van der Waals surface area contributed by atoms with Crippen molar-refractivity contribution in [3.8, 4) is 11.5 Å². The third-order valence-electron chi connectivity index (χ3n) is 3.39. The Morgan fingerprint density at radius 1 is 0.810 bits per heavy atom. The van der Waals surface area contributed by atoms with Gasteiger partial charge in [-0.15, -0.1) is 23.2 Å². The van der Waals surface area contributed by atoms with Gasteiger partial charge in [-0.05, 0) is 48.2 Å². The molecule has 2 atom stereocenters. The van der Waals surface area contributed by atoms with E-state index >= 15 is 0 Å². The van der Waals surface area contributed by atoms with Crippen molar-refractivity contribution in [2.24, 2.45) is 0 Å². The number of rotatable bonds is 6. The number of ether oxygens (including phenoxy) is 1. The first-order chi connectivity index (χ1) is 10.1. The van der Waals surface area contributed by atoms with Crippen molar-refractivity contribution in [1.29, 1.82) is 0 Å². The van der Waals surface area contributed by atoms with E-state index in [4.69, 9.17) is 27.9 Å². The third kappa shape index (κ3) is 4.39. The summed E-state index contributed by atoms with van der Waals surface area (Å²) >= 11 is 12.6. The quantitative estimate of drug-likeness (QED) is 0.528. The summed E-state index contributed by atoms with van der Waals surface area (Å²) in [5.74, 6) is 1.60. The van der Waals surface area contributed by atoms with Gasteiger partial charge in [-0.25, -0.2) is 0 Å². The highest BCUT2D eigenvalue weighted by Crippen LogP contribution is 2.31. The first kappa shape index (κ1) is 16.2. The highest BCUT2D eigenvalue weighted by atomic mass is 35.5. The van der Waals surface area contributed by atoms with E-state index in [1.165, 1.54) is 0 Å². The van der Waals surface area contributed by atoms with E-state index in [-0.39, 0.29) is 10.8 Å². The molecule has 2 unspecified atom stereocenters. The van der Waals surface area contributed by atoms with Crippen LogP contribution in [0.25, 0.3) is 0 Å². The minimum Gasteiger partial charge on any atom is -0.457 e. The number of halogens is 2. The SMILES string of the molecule is CCC(Cl)c1cccc(Oc2cccc(C(Cl)CC)c2)c1. The second-order valence-electron chi connectivity index (χ2n) is 5.00. The third-order valence-corrected chi connectivity index (χ3v) is 4.51. The first-order valence-corrected chi connectivity index (χ1v) is 8.17. The lowest BCUT2D eigenvalue weighted by atomic mass is 10.1. The van der Waals surface area contributed by atoms with Crippen molar-refractivity contribution >= 4 is 23.2 Å². The second-order valence-corrected chi connectivity index (χ2v) is 6.05. The van der Waals surface area contributed by atoms with Gasteiger partial charge in [0.25, 0.3) is 0 Å². The van der Waals surface area contributed by atoms with Crippen LogP contribution in [-0.2, 0) is 0 Å². The zero-order chi connectivity index (χ0) is 15.2. The van der Waals surface area contributed by atoms with E-state index in [9.17, 15) is 0 Å². The lowest BCUT2D eigenvalue weighted by Crippen LogP contribution is -1.92. The van der Waals surface area contributed by atoms with Crippen LogP contribution >= 0.6 is 23.2 Å². The molecule has 21 heavy (non-hydrogen) atoms. The van der Waals surface area contributed by atoms with Gasteiger partial charge in [0.2, 0.25) is 0 Å². The maximum absolute atomic E-state index is 6.28. The van der Waals surface area contributed by atoms with Gasteiger partial charge in [0.1, 0.15) is 11.5 Å². The molecule has 112 valence electrons. The van der Waals surface area contributed by atoms with Gasteiger partial charge in [-0.3, -0.25) is 0 Å². The van der Waals surface area contributed by atoms with E-state index in [1.807, 2.05) is 48.5 Å². The molecule has 0 amide bonds. The Morgan fingerprint density at radius 3 is 1.62 bits per heavy atom. The molecular weight excluding hydrogens is 303 g/mol. The Kier molecular flexibility index (Phi) is 5.96. The largest absolute Gasteiger partial charge is 0.457 e. The monoisotopic (exact) mass is 322 g/mol. The Labute approximate surface area is 136 Å². The molecule has 0 saturated carbocycles. The molecule has 0 saturated heterocycles. The van der Waals surface area contributed by atoms with Gasteiger partial charge in [-0.1, -0.05) is 38.1 Å². The topological polar surface area (TPSA) is 9.23 Å². The zero-order valence-corrected chi connectivity index (χ0v) is 13.9. The molecule has 0 heterocycles. The highest BCUT2D eigenvalue weighted by Gasteiger charge is 2.09. The van der Waals surface area contributed by atoms with Crippen LogP contribution in [0.2, 0.25) is 0 Å². The smallest absolute Gasteiger partial charge is 0.127 e. The Morgan fingerprint density at radius 2 is 1.24 bits per heavy atom. The van der Waals surface area contributed by atoms with Crippen molar-refractivity contribution < 1.29 is 4.74 Å². The Hall–Kier alpha value is -1.18. The van der Waals surface area contributed by atoms with Gasteiger partial charge >= 0.3 is 0 Å². The fourth-order valence-electron chi connectivity index (χ4n) is 2.15. The van der Waals surface area contributed by atoms with Crippen molar-refractivity contribution in [1.82, 2.24) is 0 Å². The summed E-state index contributed by atoms with van der Waals surface area (Å²) in [6.07, 6.45) is 1.79. The summed E-state index contributed by atoms with van der Waals surface area (Å²) in [5, 5.41) is 0.0411. The molecule has 3 heteroatoms. The minimum atomic E-state index is 0.0206. The second kappa shape index (κ2) is 7.72. The van der Waals surface area contributed by atoms with Gasteiger partial charge < -0.3 is 4.74 Å². The average molecular weight is 323 g/mol. The summed E-state index contributed by atoms with van der Waals surface area (Å²) in [6, 6.07) is 15.8. The van der Waals surface area contributed by atoms with Crippen LogP contribution in [0.4, 0.5) is 0 Å². The fraction of sp³-hybridized carbons (Fsp3) is 0.333. The molecule has 0 spiro atoms. The van der Waals surface area contributed by atoms with Crippen LogP contribution in [0, 0.1) is 0 Å². The Balaban J connectivity index is 2.18. The van der Waals surface area contributed by atoms with Crippen molar-refractivity contribution in [3.63, 3.8) is 0 Å². The van der Waals surface area contributed by atoms with E-state index in [1.54, 1.807) is 0 Å². The van der Waals surface area contributed by atoms with Crippen LogP contribution in [-0.4, -0.2) is 0 Å². The minimum absolute atomic E-state index is 0.0206. The predicted octanol–water partition coefficient (Wildman–Crippen LogP) is 6.86. The fourth-order valence-corrected chi connectivity index (χ4v) is 2.42. The number of alkyl halides is 2. The molecule has 2 aromatic rings. The highest BCUT2D eigenvalue weighted by molar-refractivity contribution is 6.21. The van der Waals surface area contributed by atoms with Crippen LogP contribution in [0.5, 0.6) is 11.5 Å². The maximum atomic E-state index is 6.28. The van der Waals surface area contributed by atoms with E-state index in [2.05, 4.69) is 13.8 Å². The molecular formula is C18H20Cl2O. The Bertz CT molecular complexity index is 531. The summed E-state index contributed by atoms with van der Waals surface area (Å²) in [7, 11) is 0. The van der Waals surface area contributed by atoms with E-state index in [0.717, 1.165) is 35.5 Å². The lowest BCUT2D eigenvalue weighted by molar-refractivity contribution is 0.481. The average Bonchev–Trinajstić information content (AvgIpc) is 2.53. The molecule has 0 N–H and O–H groups in total. The molecule has 2 aromatic carbocycles. The summed E-state index contributed by atoms with van der Waals surface area (Å²) in [5.41, 5.74) is 2.16. The van der Waals surface area contributed by atoms with Gasteiger partial charge in [0.15, 0.2) is 0 Å². The molecule has 0 bridgehead atoms. The van der Waals surface area contributed by atoms with Crippen LogP contribution < -0.4 is 4.74 Å². The predicted molar refractivity (Wildman–Crippen MR) is 90.7 cm³/mol. The van der Waals surface area contributed by atoms with Crippen LogP contribution in [0.3, 0.4) is 0 Å². The maximum Gasteiger partial charge on any atom is 0.127 e. The van der Waals surface area contributed by atoms with Crippen molar-refractivity contribution in [2.45, 2.75) is 37.4 Å². The molecule has 0 aliphatic rings. The molecule has 0 aliphatic heterocycles. The van der Waals surface area contributed by atoms with E-state index < -0.39 is 0 Å². The van der Waals surface area contributed by atoms with Crippen LogP contribution in [0.15, 0.2) is 48.5 Å². The number of hydrogen-bond acceptors (Lipinski definition) is 1. The lowest BCUT2D eigenvalue weighted by Gasteiger charge is -2.12. The molecule has 0 aromatic heterocycles. The van der Waals surface area contributed by atoms with Crippen molar-refractivity contribution in [3.05, 3.63) is 59.7 Å². The molecule has 1 nitrogen and oxygen atoms in total. The number of benzene rings is 2. The van der Waals surface area contributed by atoms with Gasteiger partial charge in [0, 0.05) is 0 Å². The van der Waals surface area contributed by atoms with Gasteiger partial charge in [-0.2, -0.15) is 0 Å². The molecule has 0 aliphatic carbocycles. The normalized spacial score (nSPS) is 13.7. The number of hydrogen-bond donors (Lipinski definition) is 0. The summed E-state index contributed by atoms with van der Waals surface area (Å²) in [6.45, 7) is 4.14. The summed E-state index contributed by atoms with van der Waals surface area (Å²) < 4.78 is 5.93. The molecule has 0 fully saturated rings. The summed E-state index contributed by atoms with van der Waals surface area (Å²) in [4.78, 5) is 0. The standard InChI is InChI=1S/C18H20Cl2O/c1-3-17(19)13-7-5-9-15(11-13)21-16-10-6-8-14(12-16)18(20)4-2/h5-12,17-18H,3-4H2,1-2H3. The van der Waals surface area contributed by atoms with Crippen molar-refractivity contribution in [2.75, 3.05) is 0 Å². The van der Waals surface area contributed by atoms with Gasteiger partial charge in [0.05, 0.1) is 10.8 Å². The zero-order valence-electron chi connectivity index (χ0n) is 12.4.